The summed E-state index contributed by atoms with van der Waals surface area (Å²) in [6.07, 6.45) is 1.66. The minimum absolute atomic E-state index is 0.112. The fraction of sp³-hybridized carbons (Fsp3) is 0.333. The molecule has 2 rings (SSSR count). The van der Waals surface area contributed by atoms with E-state index >= 15 is 0 Å². The standard InChI is InChI=1S/C15H17ClN2O2/c1-20-11-10-18(9-7-16)15(19)14-13-5-3-2-4-12(13)6-8-17-14/h2-6,8H,7,9-11H2,1H3. The molecule has 0 spiro atoms. The van der Waals surface area contributed by atoms with Gasteiger partial charge in [0.25, 0.3) is 5.91 Å². The summed E-state index contributed by atoms with van der Waals surface area (Å²) in [6, 6.07) is 9.62. The average molecular weight is 293 g/mol. The summed E-state index contributed by atoms with van der Waals surface area (Å²) in [5.74, 6) is 0.278. The van der Waals surface area contributed by atoms with Crippen molar-refractivity contribution in [3.05, 3.63) is 42.2 Å². The largest absolute Gasteiger partial charge is 0.383 e. The van der Waals surface area contributed by atoms with Crippen molar-refractivity contribution in [3.8, 4) is 0 Å². The van der Waals surface area contributed by atoms with Crippen LogP contribution in [0.15, 0.2) is 36.5 Å². The van der Waals surface area contributed by atoms with Crippen LogP contribution in [-0.2, 0) is 4.74 Å². The van der Waals surface area contributed by atoms with Gasteiger partial charge in [-0.05, 0) is 11.5 Å². The Balaban J connectivity index is 2.33. The molecule has 1 heterocycles. The number of methoxy groups -OCH3 is 1. The number of nitrogens with zero attached hydrogens (tertiary/aromatic N) is 2. The Morgan fingerprint density at radius 3 is 2.85 bits per heavy atom. The van der Waals surface area contributed by atoms with Crippen LogP contribution in [0.3, 0.4) is 0 Å². The second-order valence-electron chi connectivity index (χ2n) is 4.35. The molecule has 4 nitrogen and oxygen atoms in total. The molecule has 20 heavy (non-hydrogen) atoms. The molecule has 0 atom stereocenters. The van der Waals surface area contributed by atoms with E-state index in [1.54, 1.807) is 18.2 Å². The van der Waals surface area contributed by atoms with E-state index in [9.17, 15) is 4.79 Å². The maximum Gasteiger partial charge on any atom is 0.273 e. The zero-order valence-corrected chi connectivity index (χ0v) is 12.1. The fourth-order valence-electron chi connectivity index (χ4n) is 2.06. The number of alkyl halides is 1. The number of amides is 1. The van der Waals surface area contributed by atoms with Gasteiger partial charge < -0.3 is 9.64 Å². The molecular weight excluding hydrogens is 276 g/mol. The summed E-state index contributed by atoms with van der Waals surface area (Å²) < 4.78 is 5.03. The topological polar surface area (TPSA) is 42.4 Å². The number of fused-ring (bicyclic) bond motifs is 1. The average Bonchev–Trinajstić information content (AvgIpc) is 2.50. The molecule has 1 aromatic carbocycles. The normalized spacial score (nSPS) is 10.7. The molecule has 0 unspecified atom stereocenters. The Hall–Kier alpha value is -1.65. The highest BCUT2D eigenvalue weighted by Crippen LogP contribution is 2.17. The minimum Gasteiger partial charge on any atom is -0.383 e. The SMILES string of the molecule is COCCN(CCCl)C(=O)c1nccc2ccccc12. The first-order valence-corrected chi connectivity index (χ1v) is 6.99. The van der Waals surface area contributed by atoms with Gasteiger partial charge >= 0.3 is 0 Å². The number of carbonyl (C=O) groups is 1. The summed E-state index contributed by atoms with van der Waals surface area (Å²) in [6.45, 7) is 1.47. The third-order valence-electron chi connectivity index (χ3n) is 3.08. The van der Waals surface area contributed by atoms with Gasteiger partial charge in [-0.2, -0.15) is 0 Å². The number of aromatic nitrogens is 1. The lowest BCUT2D eigenvalue weighted by atomic mass is 10.1. The van der Waals surface area contributed by atoms with Crippen LogP contribution >= 0.6 is 11.6 Å². The van der Waals surface area contributed by atoms with Gasteiger partial charge in [0, 0.05) is 37.7 Å². The van der Waals surface area contributed by atoms with Gasteiger partial charge in [-0.15, -0.1) is 11.6 Å². The Morgan fingerprint density at radius 1 is 1.30 bits per heavy atom. The van der Waals surface area contributed by atoms with E-state index in [1.165, 1.54) is 0 Å². The van der Waals surface area contributed by atoms with E-state index in [-0.39, 0.29) is 5.91 Å². The number of carbonyl (C=O) groups excluding carboxylic acids is 1. The molecule has 0 fully saturated rings. The van der Waals surface area contributed by atoms with E-state index in [2.05, 4.69) is 4.98 Å². The van der Waals surface area contributed by atoms with E-state index in [4.69, 9.17) is 16.3 Å². The monoisotopic (exact) mass is 292 g/mol. The van der Waals surface area contributed by atoms with Crippen molar-refractivity contribution in [1.29, 1.82) is 0 Å². The Kier molecular flexibility index (Phi) is 5.32. The number of ether oxygens (including phenoxy) is 1. The van der Waals surface area contributed by atoms with Crippen molar-refractivity contribution in [1.82, 2.24) is 9.88 Å². The molecule has 0 saturated heterocycles. The lowest BCUT2D eigenvalue weighted by molar-refractivity contribution is 0.0704. The van der Waals surface area contributed by atoms with E-state index in [1.807, 2.05) is 30.3 Å². The predicted octanol–water partition coefficient (Wildman–Crippen LogP) is 2.56. The quantitative estimate of drug-likeness (QED) is 0.769. The van der Waals surface area contributed by atoms with Gasteiger partial charge in [-0.3, -0.25) is 9.78 Å². The third kappa shape index (κ3) is 3.26. The summed E-state index contributed by atoms with van der Waals surface area (Å²) in [7, 11) is 1.61. The van der Waals surface area contributed by atoms with Gasteiger partial charge in [0.1, 0.15) is 5.69 Å². The lowest BCUT2D eigenvalue weighted by Gasteiger charge is -2.21. The van der Waals surface area contributed by atoms with Gasteiger partial charge in [0.05, 0.1) is 6.61 Å². The second kappa shape index (κ2) is 7.22. The maximum absolute atomic E-state index is 12.6. The van der Waals surface area contributed by atoms with Crippen molar-refractivity contribution in [2.75, 3.05) is 32.7 Å². The highest BCUT2D eigenvalue weighted by atomic mass is 35.5. The molecule has 1 aromatic heterocycles. The maximum atomic E-state index is 12.6. The molecule has 0 saturated carbocycles. The number of hydrogen-bond donors (Lipinski definition) is 0. The number of hydrogen-bond acceptors (Lipinski definition) is 3. The first kappa shape index (κ1) is 14.8. The van der Waals surface area contributed by atoms with Crippen molar-refractivity contribution >= 4 is 28.3 Å². The van der Waals surface area contributed by atoms with Gasteiger partial charge in [0.15, 0.2) is 0 Å². The molecule has 106 valence electrons. The number of rotatable bonds is 6. The van der Waals surface area contributed by atoms with Crippen LogP contribution in [-0.4, -0.2) is 48.5 Å². The van der Waals surface area contributed by atoms with Crippen LogP contribution in [0.5, 0.6) is 0 Å². The van der Waals surface area contributed by atoms with Crippen molar-refractivity contribution < 1.29 is 9.53 Å². The third-order valence-corrected chi connectivity index (χ3v) is 3.25. The van der Waals surface area contributed by atoms with Gasteiger partial charge in [0.2, 0.25) is 0 Å². The molecule has 1 amide bonds. The van der Waals surface area contributed by atoms with E-state index < -0.39 is 0 Å². The number of pyridine rings is 1. The number of benzene rings is 1. The summed E-state index contributed by atoms with van der Waals surface area (Å²) in [5.41, 5.74) is 0.462. The Bertz CT molecular complexity index is 584. The van der Waals surface area contributed by atoms with E-state index in [0.717, 1.165) is 10.8 Å². The highest BCUT2D eigenvalue weighted by Gasteiger charge is 2.18. The molecule has 0 aliphatic carbocycles. The summed E-state index contributed by atoms with van der Waals surface area (Å²) >= 11 is 5.77. The predicted molar refractivity (Wildman–Crippen MR) is 80.2 cm³/mol. The van der Waals surface area contributed by atoms with Crippen molar-refractivity contribution in [2.45, 2.75) is 0 Å². The first-order chi connectivity index (χ1) is 9.77. The Labute approximate surface area is 123 Å². The van der Waals surface area contributed by atoms with Crippen molar-refractivity contribution in [3.63, 3.8) is 0 Å². The molecule has 0 bridgehead atoms. The zero-order chi connectivity index (χ0) is 14.4. The fourth-order valence-corrected chi connectivity index (χ4v) is 2.26. The second-order valence-corrected chi connectivity index (χ2v) is 4.73. The zero-order valence-electron chi connectivity index (χ0n) is 11.4. The summed E-state index contributed by atoms with van der Waals surface area (Å²) in [5, 5.41) is 1.86. The van der Waals surface area contributed by atoms with Crippen LogP contribution in [0.1, 0.15) is 10.5 Å². The molecule has 0 aliphatic rings. The van der Waals surface area contributed by atoms with Crippen LogP contribution in [0.4, 0.5) is 0 Å². The van der Waals surface area contributed by atoms with E-state index in [0.29, 0.717) is 31.3 Å². The van der Waals surface area contributed by atoms with Gasteiger partial charge in [-0.1, -0.05) is 24.3 Å². The minimum atomic E-state index is -0.112. The summed E-state index contributed by atoms with van der Waals surface area (Å²) in [4.78, 5) is 18.5. The molecule has 2 aromatic rings. The molecule has 5 heteroatoms. The number of halogens is 1. The molecule has 0 aliphatic heterocycles. The molecule has 0 N–H and O–H groups in total. The van der Waals surface area contributed by atoms with Crippen LogP contribution in [0, 0.1) is 0 Å². The highest BCUT2D eigenvalue weighted by molar-refractivity contribution is 6.18. The van der Waals surface area contributed by atoms with Gasteiger partial charge in [-0.25, -0.2) is 0 Å². The van der Waals surface area contributed by atoms with Crippen molar-refractivity contribution in [2.24, 2.45) is 0 Å². The van der Waals surface area contributed by atoms with Crippen LogP contribution < -0.4 is 0 Å². The first-order valence-electron chi connectivity index (χ1n) is 6.46. The van der Waals surface area contributed by atoms with Crippen LogP contribution in [0.2, 0.25) is 0 Å². The smallest absolute Gasteiger partial charge is 0.273 e. The van der Waals surface area contributed by atoms with Crippen LogP contribution in [0.25, 0.3) is 10.8 Å². The lowest BCUT2D eigenvalue weighted by Crippen LogP contribution is -2.36. The molecular formula is C15H17ClN2O2. The molecule has 0 radical (unpaired) electrons. The Morgan fingerprint density at radius 2 is 2.10 bits per heavy atom.